The highest BCUT2D eigenvalue weighted by molar-refractivity contribution is 5.86. The van der Waals surface area contributed by atoms with Gasteiger partial charge in [-0.2, -0.15) is 0 Å². The second-order valence-electron chi connectivity index (χ2n) is 5.72. The zero-order chi connectivity index (χ0) is 19.3. The van der Waals surface area contributed by atoms with Crippen molar-refractivity contribution in [3.8, 4) is 5.69 Å². The van der Waals surface area contributed by atoms with Crippen molar-refractivity contribution >= 4 is 5.91 Å². The van der Waals surface area contributed by atoms with Crippen LogP contribution in [0, 0.1) is 0 Å². The van der Waals surface area contributed by atoms with E-state index in [-0.39, 0.29) is 5.91 Å². The average Bonchev–Trinajstić information content (AvgIpc) is 3.16. The van der Waals surface area contributed by atoms with Crippen LogP contribution in [-0.2, 0) is 32.0 Å². The Kier molecular flexibility index (Phi) is 9.19. The molecule has 0 radical (unpaired) electrons. The van der Waals surface area contributed by atoms with E-state index in [0.29, 0.717) is 39.6 Å². The van der Waals surface area contributed by atoms with Crippen LogP contribution in [0.15, 0.2) is 43.1 Å². The topological polar surface area (TPSA) is 87.5 Å². The lowest BCUT2D eigenvalue weighted by Crippen LogP contribution is -2.23. The molecule has 2 aromatic rings. The molecule has 1 N–H and O–H groups in total. The van der Waals surface area contributed by atoms with Gasteiger partial charge in [0.05, 0.1) is 44.9 Å². The normalized spacial score (nSPS) is 10.7. The zero-order valence-corrected chi connectivity index (χ0v) is 15.6. The Morgan fingerprint density at radius 2 is 1.93 bits per heavy atom. The van der Waals surface area contributed by atoms with E-state index in [1.807, 2.05) is 30.5 Å². The fourth-order valence-corrected chi connectivity index (χ4v) is 2.25. The molecule has 0 aliphatic carbocycles. The Labute approximate surface area is 159 Å². The number of hydrogen-bond acceptors (Lipinski definition) is 6. The number of rotatable bonds is 13. The van der Waals surface area contributed by atoms with Crippen LogP contribution in [0.2, 0.25) is 0 Å². The third-order valence-corrected chi connectivity index (χ3v) is 3.69. The number of methoxy groups -OCH3 is 1. The lowest BCUT2D eigenvalue weighted by molar-refractivity contribution is -0.116. The molecule has 0 unspecified atom stereocenters. The molecule has 1 aromatic heterocycles. The zero-order valence-electron chi connectivity index (χ0n) is 15.6. The van der Waals surface area contributed by atoms with E-state index in [2.05, 4.69) is 22.2 Å². The van der Waals surface area contributed by atoms with Crippen LogP contribution in [0.1, 0.15) is 11.3 Å². The summed E-state index contributed by atoms with van der Waals surface area (Å²) in [6.45, 7) is 6.54. The van der Waals surface area contributed by atoms with Gasteiger partial charge in [-0.1, -0.05) is 23.9 Å². The molecule has 1 amide bonds. The number of benzene rings is 1. The standard InChI is InChI=1S/C19H26N4O4/c1-3-19(24)20-9-8-16-4-6-18(7-5-16)23-14-17(21-22-23)15-27-13-12-26-11-10-25-2/h3-7,14H,1,8-13,15H2,2H3,(H,20,24). The second-order valence-corrected chi connectivity index (χ2v) is 5.72. The van der Waals surface area contributed by atoms with Gasteiger partial charge in [-0.25, -0.2) is 4.68 Å². The number of nitrogens with one attached hydrogen (secondary N) is 1. The number of amides is 1. The van der Waals surface area contributed by atoms with Crippen molar-refractivity contribution in [2.24, 2.45) is 0 Å². The van der Waals surface area contributed by atoms with Gasteiger partial charge in [0.25, 0.3) is 0 Å². The molecule has 2 rings (SSSR count). The summed E-state index contributed by atoms with van der Waals surface area (Å²) >= 11 is 0. The molecule has 0 spiro atoms. The van der Waals surface area contributed by atoms with Crippen LogP contribution in [0.5, 0.6) is 0 Å². The third-order valence-electron chi connectivity index (χ3n) is 3.69. The fraction of sp³-hybridized carbons (Fsp3) is 0.421. The lowest BCUT2D eigenvalue weighted by atomic mass is 10.1. The van der Waals surface area contributed by atoms with Crippen LogP contribution >= 0.6 is 0 Å². The molecule has 1 aromatic carbocycles. The van der Waals surface area contributed by atoms with Crippen molar-refractivity contribution in [1.82, 2.24) is 20.3 Å². The van der Waals surface area contributed by atoms with Crippen molar-refractivity contribution in [2.45, 2.75) is 13.0 Å². The number of nitrogens with zero attached hydrogens (tertiary/aromatic N) is 3. The van der Waals surface area contributed by atoms with E-state index in [1.165, 1.54) is 6.08 Å². The predicted molar refractivity (Wildman–Crippen MR) is 101 cm³/mol. The highest BCUT2D eigenvalue weighted by Crippen LogP contribution is 2.10. The van der Waals surface area contributed by atoms with E-state index >= 15 is 0 Å². The first-order valence-electron chi connectivity index (χ1n) is 8.78. The first kappa shape index (κ1) is 20.8. The number of ether oxygens (including phenoxy) is 3. The maximum absolute atomic E-state index is 11.1. The number of carbonyl (C=O) groups excluding carboxylic acids is 1. The van der Waals surface area contributed by atoms with Gasteiger partial charge in [0.15, 0.2) is 0 Å². The average molecular weight is 374 g/mol. The van der Waals surface area contributed by atoms with Gasteiger partial charge in [-0.05, 0) is 30.2 Å². The van der Waals surface area contributed by atoms with E-state index < -0.39 is 0 Å². The molecule has 0 fully saturated rings. The van der Waals surface area contributed by atoms with Crippen LogP contribution in [-0.4, -0.2) is 61.0 Å². The first-order valence-corrected chi connectivity index (χ1v) is 8.78. The molecule has 0 bridgehead atoms. The third kappa shape index (κ3) is 7.69. The maximum Gasteiger partial charge on any atom is 0.243 e. The summed E-state index contributed by atoms with van der Waals surface area (Å²) in [7, 11) is 1.64. The maximum atomic E-state index is 11.1. The summed E-state index contributed by atoms with van der Waals surface area (Å²) in [6.07, 6.45) is 3.86. The Bertz CT molecular complexity index is 700. The molecular weight excluding hydrogens is 348 g/mol. The SMILES string of the molecule is C=CC(=O)NCCc1ccc(-n2cc(COCCOCCOC)nn2)cc1. The Morgan fingerprint density at radius 3 is 2.67 bits per heavy atom. The monoisotopic (exact) mass is 374 g/mol. The summed E-state index contributed by atoms with van der Waals surface area (Å²) < 4.78 is 17.4. The number of carbonyl (C=O) groups is 1. The van der Waals surface area contributed by atoms with Crippen LogP contribution in [0.4, 0.5) is 0 Å². The second kappa shape index (κ2) is 11.9. The largest absolute Gasteiger partial charge is 0.382 e. The fourth-order valence-electron chi connectivity index (χ4n) is 2.25. The summed E-state index contributed by atoms with van der Waals surface area (Å²) in [5.41, 5.74) is 2.79. The van der Waals surface area contributed by atoms with Gasteiger partial charge in [0.1, 0.15) is 5.69 Å². The van der Waals surface area contributed by atoms with Gasteiger partial charge >= 0.3 is 0 Å². The van der Waals surface area contributed by atoms with Gasteiger partial charge in [0, 0.05) is 13.7 Å². The smallest absolute Gasteiger partial charge is 0.243 e. The van der Waals surface area contributed by atoms with E-state index in [0.717, 1.165) is 23.4 Å². The van der Waals surface area contributed by atoms with Crippen molar-refractivity contribution < 1.29 is 19.0 Å². The lowest BCUT2D eigenvalue weighted by Gasteiger charge is -2.05. The van der Waals surface area contributed by atoms with Crippen molar-refractivity contribution in [2.75, 3.05) is 40.1 Å². The number of aromatic nitrogens is 3. The molecule has 8 nitrogen and oxygen atoms in total. The molecule has 0 atom stereocenters. The molecule has 0 aliphatic rings. The molecule has 1 heterocycles. The Balaban J connectivity index is 1.73. The molecule has 146 valence electrons. The minimum atomic E-state index is -0.162. The highest BCUT2D eigenvalue weighted by Gasteiger charge is 2.04. The highest BCUT2D eigenvalue weighted by atomic mass is 16.5. The molecule has 0 saturated heterocycles. The van der Waals surface area contributed by atoms with E-state index in [9.17, 15) is 4.79 Å². The summed E-state index contributed by atoms with van der Waals surface area (Å²) in [5.74, 6) is -0.162. The van der Waals surface area contributed by atoms with E-state index in [1.54, 1.807) is 11.8 Å². The van der Waals surface area contributed by atoms with Crippen molar-refractivity contribution in [3.05, 3.63) is 54.4 Å². The van der Waals surface area contributed by atoms with Crippen molar-refractivity contribution in [3.63, 3.8) is 0 Å². The summed E-state index contributed by atoms with van der Waals surface area (Å²) in [5, 5.41) is 11.0. The van der Waals surface area contributed by atoms with Gasteiger partial charge in [-0.15, -0.1) is 5.10 Å². The van der Waals surface area contributed by atoms with Gasteiger partial charge < -0.3 is 19.5 Å². The van der Waals surface area contributed by atoms with Gasteiger partial charge in [0.2, 0.25) is 5.91 Å². The van der Waals surface area contributed by atoms with Gasteiger partial charge in [-0.3, -0.25) is 4.79 Å². The van der Waals surface area contributed by atoms with Crippen LogP contribution < -0.4 is 5.32 Å². The summed E-state index contributed by atoms with van der Waals surface area (Å²) in [6, 6.07) is 7.94. The quantitative estimate of drug-likeness (QED) is 0.420. The Hall–Kier alpha value is -2.55. The minimum Gasteiger partial charge on any atom is -0.382 e. The molecular formula is C19H26N4O4. The predicted octanol–water partition coefficient (Wildman–Crippen LogP) is 1.29. The molecule has 8 heteroatoms. The first-order chi connectivity index (χ1) is 13.2. The van der Waals surface area contributed by atoms with Crippen LogP contribution in [0.25, 0.3) is 5.69 Å². The minimum absolute atomic E-state index is 0.162. The van der Waals surface area contributed by atoms with Crippen molar-refractivity contribution in [1.29, 1.82) is 0 Å². The van der Waals surface area contributed by atoms with Crippen LogP contribution in [0.3, 0.4) is 0 Å². The number of hydrogen-bond donors (Lipinski definition) is 1. The summed E-state index contributed by atoms with van der Waals surface area (Å²) in [4.78, 5) is 11.1. The molecule has 0 aliphatic heterocycles. The van der Waals surface area contributed by atoms with E-state index in [4.69, 9.17) is 14.2 Å². The molecule has 27 heavy (non-hydrogen) atoms. The Morgan fingerprint density at radius 1 is 1.19 bits per heavy atom. The molecule has 0 saturated carbocycles.